The summed E-state index contributed by atoms with van der Waals surface area (Å²) in [6, 6.07) is 0. The third-order valence-electron chi connectivity index (χ3n) is 0.869. The van der Waals surface area contributed by atoms with Crippen LogP contribution in [-0.2, 0) is 4.74 Å². The van der Waals surface area contributed by atoms with Gasteiger partial charge in [-0.3, -0.25) is 0 Å². The van der Waals surface area contributed by atoms with Crippen molar-refractivity contribution >= 4 is 6.22 Å². The van der Waals surface area contributed by atoms with E-state index in [1.165, 1.54) is 0 Å². The maximum absolute atomic E-state index is 11.3. The number of hydrogen-bond acceptors (Lipinski definition) is 2. The molecule has 0 N–H and O–H groups in total. The minimum Gasteiger partial charge on any atom is -0.437 e. The minimum absolute atomic E-state index is 0.299. The lowest BCUT2D eigenvalue weighted by atomic mass is 10.3. The molecule has 0 heterocycles. The SMILES string of the molecule is CCC(C)OC(=O)F. The lowest BCUT2D eigenvalue weighted by Crippen LogP contribution is -2.07. The fourth-order valence-electron chi connectivity index (χ4n) is 0.242. The van der Waals surface area contributed by atoms with E-state index in [4.69, 9.17) is 0 Å². The van der Waals surface area contributed by atoms with Crippen molar-refractivity contribution < 1.29 is 13.9 Å². The van der Waals surface area contributed by atoms with Gasteiger partial charge in [0.05, 0.1) is 0 Å². The van der Waals surface area contributed by atoms with Gasteiger partial charge in [-0.2, -0.15) is 0 Å². The Hall–Kier alpha value is -0.600. The summed E-state index contributed by atoms with van der Waals surface area (Å²) in [4.78, 5) is 9.52. The summed E-state index contributed by atoms with van der Waals surface area (Å²) in [5.41, 5.74) is 0. The van der Waals surface area contributed by atoms with Gasteiger partial charge < -0.3 is 4.74 Å². The van der Waals surface area contributed by atoms with Crippen molar-refractivity contribution in [2.75, 3.05) is 0 Å². The van der Waals surface area contributed by atoms with E-state index in [9.17, 15) is 9.18 Å². The van der Waals surface area contributed by atoms with E-state index in [0.717, 1.165) is 0 Å². The van der Waals surface area contributed by atoms with Crippen molar-refractivity contribution in [3.8, 4) is 0 Å². The molecule has 0 rings (SSSR count). The van der Waals surface area contributed by atoms with Crippen molar-refractivity contribution in [1.29, 1.82) is 0 Å². The molecule has 1 atom stereocenters. The Morgan fingerprint density at radius 1 is 1.88 bits per heavy atom. The Labute approximate surface area is 47.6 Å². The molecule has 0 spiro atoms. The Bertz CT molecular complexity index is 82.5. The zero-order chi connectivity index (χ0) is 6.57. The fraction of sp³-hybridized carbons (Fsp3) is 0.800. The summed E-state index contributed by atoms with van der Waals surface area (Å²) in [7, 11) is 0. The molecule has 0 aliphatic heterocycles. The van der Waals surface area contributed by atoms with E-state index in [2.05, 4.69) is 4.74 Å². The topological polar surface area (TPSA) is 26.3 Å². The highest BCUT2D eigenvalue weighted by Crippen LogP contribution is 1.96. The minimum atomic E-state index is -1.70. The molecular formula is C5H9FO2. The molecule has 0 amide bonds. The second kappa shape index (κ2) is 3.41. The molecule has 0 aromatic heterocycles. The predicted molar refractivity (Wildman–Crippen MR) is 27.3 cm³/mol. The molecule has 0 aliphatic carbocycles. The normalized spacial score (nSPS) is 12.9. The Morgan fingerprint density at radius 3 is 2.50 bits per heavy atom. The van der Waals surface area contributed by atoms with Gasteiger partial charge >= 0.3 is 6.22 Å². The van der Waals surface area contributed by atoms with Crippen LogP contribution >= 0.6 is 0 Å². The molecule has 2 nitrogen and oxygen atoms in total. The van der Waals surface area contributed by atoms with Crippen molar-refractivity contribution in [3.63, 3.8) is 0 Å². The number of rotatable bonds is 2. The molecule has 0 saturated heterocycles. The van der Waals surface area contributed by atoms with Gasteiger partial charge in [-0.25, -0.2) is 4.79 Å². The van der Waals surface area contributed by atoms with Crippen LogP contribution in [0.1, 0.15) is 20.3 Å². The molecule has 0 aliphatic rings. The average Bonchev–Trinajstić information content (AvgIpc) is 1.65. The number of carbonyl (C=O) groups is 1. The van der Waals surface area contributed by atoms with Crippen molar-refractivity contribution in [1.82, 2.24) is 0 Å². The third-order valence-corrected chi connectivity index (χ3v) is 0.869. The summed E-state index contributed by atoms with van der Waals surface area (Å²) in [6.07, 6.45) is -1.35. The number of ether oxygens (including phenoxy) is 1. The Balaban J connectivity index is 3.24. The second-order valence-electron chi connectivity index (χ2n) is 1.57. The second-order valence-corrected chi connectivity index (χ2v) is 1.57. The molecule has 48 valence electrons. The standard InChI is InChI=1S/C5H9FO2/c1-3-4(2)8-5(6)7/h4H,3H2,1-2H3. The van der Waals surface area contributed by atoms with Gasteiger partial charge in [0.25, 0.3) is 0 Å². The molecular weight excluding hydrogens is 111 g/mol. The van der Waals surface area contributed by atoms with Gasteiger partial charge in [-0.15, -0.1) is 4.39 Å². The molecule has 1 unspecified atom stereocenters. The van der Waals surface area contributed by atoms with Crippen LogP contribution in [0.25, 0.3) is 0 Å². The molecule has 8 heavy (non-hydrogen) atoms. The van der Waals surface area contributed by atoms with Crippen molar-refractivity contribution in [2.24, 2.45) is 0 Å². The van der Waals surface area contributed by atoms with Crippen molar-refractivity contribution in [2.45, 2.75) is 26.4 Å². The summed E-state index contributed by atoms with van der Waals surface area (Å²) in [6.45, 7) is 3.45. The quantitative estimate of drug-likeness (QED) is 0.520. The Kier molecular flexibility index (Phi) is 3.15. The monoisotopic (exact) mass is 120 g/mol. The van der Waals surface area contributed by atoms with Crippen LogP contribution < -0.4 is 0 Å². The van der Waals surface area contributed by atoms with Crippen LogP contribution in [0, 0.1) is 0 Å². The highest BCUT2D eigenvalue weighted by molar-refractivity contribution is 5.58. The first-order valence-electron chi connectivity index (χ1n) is 2.53. The first-order chi connectivity index (χ1) is 3.66. The predicted octanol–water partition coefficient (Wildman–Crippen LogP) is 1.89. The maximum atomic E-state index is 11.3. The van der Waals surface area contributed by atoms with Gasteiger partial charge in [0.2, 0.25) is 0 Å². The molecule has 0 aromatic carbocycles. The van der Waals surface area contributed by atoms with Crippen LogP contribution in [0.4, 0.5) is 9.18 Å². The zero-order valence-corrected chi connectivity index (χ0v) is 4.98. The molecule has 0 aromatic rings. The summed E-state index contributed by atoms with van der Waals surface area (Å²) in [5.74, 6) is 0. The molecule has 0 radical (unpaired) electrons. The smallest absolute Gasteiger partial charge is 0.437 e. The van der Waals surface area contributed by atoms with Crippen LogP contribution in [-0.4, -0.2) is 12.3 Å². The summed E-state index contributed by atoms with van der Waals surface area (Å²) in [5, 5.41) is 0. The summed E-state index contributed by atoms with van der Waals surface area (Å²) >= 11 is 0. The first kappa shape index (κ1) is 7.40. The van der Waals surface area contributed by atoms with Crippen molar-refractivity contribution in [3.05, 3.63) is 0 Å². The van der Waals surface area contributed by atoms with E-state index in [-0.39, 0.29) is 6.10 Å². The summed E-state index contributed by atoms with van der Waals surface area (Å²) < 4.78 is 15.4. The van der Waals surface area contributed by atoms with Crippen LogP contribution in [0.2, 0.25) is 0 Å². The van der Waals surface area contributed by atoms with E-state index >= 15 is 0 Å². The van der Waals surface area contributed by atoms with Gasteiger partial charge in [0.1, 0.15) is 6.10 Å². The van der Waals surface area contributed by atoms with E-state index < -0.39 is 6.22 Å². The largest absolute Gasteiger partial charge is 0.495 e. The average molecular weight is 120 g/mol. The first-order valence-corrected chi connectivity index (χ1v) is 2.53. The van der Waals surface area contributed by atoms with Crippen LogP contribution in [0.15, 0.2) is 0 Å². The lowest BCUT2D eigenvalue weighted by Gasteiger charge is -2.04. The molecule has 0 saturated carbocycles. The fourth-order valence-corrected chi connectivity index (χ4v) is 0.242. The van der Waals surface area contributed by atoms with E-state index in [1.54, 1.807) is 6.92 Å². The molecule has 0 bridgehead atoms. The van der Waals surface area contributed by atoms with E-state index in [0.29, 0.717) is 6.42 Å². The van der Waals surface area contributed by atoms with Crippen LogP contribution in [0.5, 0.6) is 0 Å². The van der Waals surface area contributed by atoms with Gasteiger partial charge in [-0.1, -0.05) is 6.92 Å². The van der Waals surface area contributed by atoms with Gasteiger partial charge in [0, 0.05) is 0 Å². The van der Waals surface area contributed by atoms with E-state index in [1.807, 2.05) is 6.92 Å². The zero-order valence-electron chi connectivity index (χ0n) is 4.98. The van der Waals surface area contributed by atoms with Gasteiger partial charge in [-0.05, 0) is 13.3 Å². The van der Waals surface area contributed by atoms with Gasteiger partial charge in [0.15, 0.2) is 0 Å². The number of carbonyl (C=O) groups excluding carboxylic acids is 1. The Morgan fingerprint density at radius 2 is 2.38 bits per heavy atom. The maximum Gasteiger partial charge on any atom is 0.495 e. The molecule has 0 fully saturated rings. The highest BCUT2D eigenvalue weighted by Gasteiger charge is 2.03. The third kappa shape index (κ3) is 3.59. The van der Waals surface area contributed by atoms with Crippen LogP contribution in [0.3, 0.4) is 0 Å². The lowest BCUT2D eigenvalue weighted by molar-refractivity contribution is 0.0824. The molecule has 3 heteroatoms. The number of halogens is 1. The highest BCUT2D eigenvalue weighted by atomic mass is 19.1. The number of hydrogen-bond donors (Lipinski definition) is 0.